The van der Waals surface area contributed by atoms with Crippen LogP contribution in [-0.4, -0.2) is 19.6 Å². The first kappa shape index (κ1) is 16.3. The Morgan fingerprint density at radius 2 is 2.25 bits per heavy atom. The second-order valence-corrected chi connectivity index (χ2v) is 5.08. The van der Waals surface area contributed by atoms with Crippen LogP contribution in [0.15, 0.2) is 17.7 Å². The molecule has 0 aromatic heterocycles. The second-order valence-electron chi connectivity index (χ2n) is 3.92. The molecule has 0 spiro atoms. The van der Waals surface area contributed by atoms with Gasteiger partial charge in [0.1, 0.15) is 11.6 Å². The van der Waals surface area contributed by atoms with E-state index in [-0.39, 0.29) is 5.57 Å². The number of carbonyl (C=O) groups excluding carboxylic acids is 1. The molecule has 0 radical (unpaired) electrons. The van der Waals surface area contributed by atoms with Gasteiger partial charge in [0.25, 0.3) is 5.91 Å². The van der Waals surface area contributed by atoms with Crippen molar-refractivity contribution in [3.8, 4) is 17.6 Å². The maximum Gasteiger partial charge on any atom is 0.259 e. The van der Waals surface area contributed by atoms with Crippen molar-refractivity contribution in [1.29, 1.82) is 5.26 Å². The van der Waals surface area contributed by atoms with Gasteiger partial charge in [0.2, 0.25) is 0 Å². The van der Waals surface area contributed by atoms with Crippen LogP contribution in [0.4, 0.5) is 0 Å². The number of primary amides is 1. The van der Waals surface area contributed by atoms with Crippen LogP contribution < -0.4 is 15.2 Å². The van der Waals surface area contributed by atoms with Gasteiger partial charge in [-0.2, -0.15) is 5.26 Å². The molecule has 0 aliphatic heterocycles. The third-order valence-corrected chi connectivity index (χ3v) is 3.20. The summed E-state index contributed by atoms with van der Waals surface area (Å²) in [6.45, 7) is 2.61. The van der Waals surface area contributed by atoms with Crippen molar-refractivity contribution < 1.29 is 14.3 Å². The van der Waals surface area contributed by atoms with Crippen molar-refractivity contribution in [2.24, 2.45) is 5.73 Å². The average Bonchev–Trinajstić information content (AvgIpc) is 2.42. The molecular formula is C14H15IN2O3. The zero-order valence-electron chi connectivity index (χ0n) is 11.3. The number of benzene rings is 1. The van der Waals surface area contributed by atoms with Crippen LogP contribution in [0.25, 0.3) is 6.08 Å². The molecule has 5 nitrogen and oxygen atoms in total. The molecule has 1 aromatic carbocycles. The Hall–Kier alpha value is -1.75. The molecule has 2 N–H and O–H groups in total. The van der Waals surface area contributed by atoms with Gasteiger partial charge in [0.05, 0.1) is 17.3 Å². The molecule has 0 saturated carbocycles. The number of hydrogen-bond acceptors (Lipinski definition) is 4. The molecule has 6 heteroatoms. The molecule has 106 valence electrons. The molecule has 0 aliphatic carbocycles. The van der Waals surface area contributed by atoms with Crippen LogP contribution in [0.1, 0.15) is 18.9 Å². The number of halogens is 1. The van der Waals surface area contributed by atoms with E-state index in [0.29, 0.717) is 23.7 Å². The number of hydrogen-bond donors (Lipinski definition) is 1. The van der Waals surface area contributed by atoms with Gasteiger partial charge in [0, 0.05) is 0 Å². The van der Waals surface area contributed by atoms with Gasteiger partial charge in [0.15, 0.2) is 11.5 Å². The van der Waals surface area contributed by atoms with E-state index in [2.05, 4.69) is 22.6 Å². The van der Waals surface area contributed by atoms with Gasteiger partial charge in [-0.05, 0) is 52.8 Å². The standard InChI is InChI=1S/C14H15IN2O3/c1-3-4-20-13-11(15)6-9(7-12(13)19-2)5-10(8-16)14(17)18/h5-7H,3-4H2,1-2H3,(H2,17,18)/b10-5+. The van der Waals surface area contributed by atoms with Crippen molar-refractivity contribution in [2.45, 2.75) is 13.3 Å². The zero-order valence-corrected chi connectivity index (χ0v) is 13.4. The fourth-order valence-corrected chi connectivity index (χ4v) is 2.27. The van der Waals surface area contributed by atoms with E-state index in [1.807, 2.05) is 6.92 Å². The fraction of sp³-hybridized carbons (Fsp3) is 0.286. The summed E-state index contributed by atoms with van der Waals surface area (Å²) >= 11 is 2.12. The second kappa shape index (κ2) is 7.75. The van der Waals surface area contributed by atoms with Crippen molar-refractivity contribution in [3.63, 3.8) is 0 Å². The van der Waals surface area contributed by atoms with E-state index in [4.69, 9.17) is 20.5 Å². The molecule has 0 saturated heterocycles. The fourth-order valence-electron chi connectivity index (χ4n) is 1.49. The highest BCUT2D eigenvalue weighted by Gasteiger charge is 2.12. The SMILES string of the molecule is CCCOc1c(I)cc(/C=C(\C#N)C(N)=O)cc1OC. The topological polar surface area (TPSA) is 85.3 Å². The lowest BCUT2D eigenvalue weighted by Crippen LogP contribution is -2.12. The van der Waals surface area contributed by atoms with E-state index < -0.39 is 5.91 Å². The van der Waals surface area contributed by atoms with Crippen LogP contribution in [0.2, 0.25) is 0 Å². The summed E-state index contributed by atoms with van der Waals surface area (Å²) in [7, 11) is 1.54. The lowest BCUT2D eigenvalue weighted by Gasteiger charge is -2.13. The van der Waals surface area contributed by atoms with E-state index in [9.17, 15) is 4.79 Å². The molecular weight excluding hydrogens is 371 g/mol. The summed E-state index contributed by atoms with van der Waals surface area (Å²) in [4.78, 5) is 11.1. The number of nitriles is 1. The number of methoxy groups -OCH3 is 1. The van der Waals surface area contributed by atoms with Gasteiger partial charge in [-0.25, -0.2) is 0 Å². The molecule has 0 heterocycles. The Bertz CT molecular complexity index is 577. The molecule has 0 aliphatic rings. The summed E-state index contributed by atoms with van der Waals surface area (Å²) in [5.41, 5.74) is 5.66. The molecule has 0 fully saturated rings. The molecule has 0 unspecified atom stereocenters. The van der Waals surface area contributed by atoms with Crippen molar-refractivity contribution in [1.82, 2.24) is 0 Å². The molecule has 0 bridgehead atoms. The highest BCUT2D eigenvalue weighted by Crippen LogP contribution is 2.34. The molecule has 20 heavy (non-hydrogen) atoms. The van der Waals surface area contributed by atoms with Gasteiger partial charge >= 0.3 is 0 Å². The summed E-state index contributed by atoms with van der Waals surface area (Å²) in [5.74, 6) is 0.454. The van der Waals surface area contributed by atoms with Crippen molar-refractivity contribution >= 4 is 34.6 Å². The molecule has 1 rings (SSSR count). The Kier molecular flexibility index (Phi) is 6.31. The van der Waals surface area contributed by atoms with E-state index in [1.54, 1.807) is 18.2 Å². The minimum atomic E-state index is -0.757. The van der Waals surface area contributed by atoms with Gasteiger partial charge in [-0.15, -0.1) is 0 Å². The predicted molar refractivity (Wildman–Crippen MR) is 84.3 cm³/mol. The number of rotatable bonds is 6. The first-order chi connectivity index (χ1) is 9.53. The quantitative estimate of drug-likeness (QED) is 0.463. The highest BCUT2D eigenvalue weighted by molar-refractivity contribution is 14.1. The van der Waals surface area contributed by atoms with Crippen LogP contribution in [0.5, 0.6) is 11.5 Å². The summed E-state index contributed by atoms with van der Waals surface area (Å²) in [6, 6.07) is 5.27. The van der Waals surface area contributed by atoms with Gasteiger partial charge in [-0.3, -0.25) is 4.79 Å². The summed E-state index contributed by atoms with van der Waals surface area (Å²) in [6.07, 6.45) is 2.32. The van der Waals surface area contributed by atoms with Crippen LogP contribution in [-0.2, 0) is 4.79 Å². The minimum absolute atomic E-state index is 0.106. The van der Waals surface area contributed by atoms with Crippen LogP contribution in [0, 0.1) is 14.9 Å². The van der Waals surface area contributed by atoms with Crippen molar-refractivity contribution in [3.05, 3.63) is 26.8 Å². The number of amides is 1. The Morgan fingerprint density at radius 1 is 1.55 bits per heavy atom. The number of carbonyl (C=O) groups is 1. The lowest BCUT2D eigenvalue weighted by atomic mass is 10.1. The maximum atomic E-state index is 11.1. The lowest BCUT2D eigenvalue weighted by molar-refractivity contribution is -0.114. The molecule has 1 amide bonds. The highest BCUT2D eigenvalue weighted by atomic mass is 127. The molecule has 0 atom stereocenters. The Labute approximate surface area is 131 Å². The Morgan fingerprint density at radius 3 is 2.75 bits per heavy atom. The first-order valence-corrected chi connectivity index (χ1v) is 7.03. The average molecular weight is 386 g/mol. The number of ether oxygens (including phenoxy) is 2. The van der Waals surface area contributed by atoms with Gasteiger partial charge in [-0.1, -0.05) is 6.92 Å². The monoisotopic (exact) mass is 386 g/mol. The normalized spacial score (nSPS) is 10.8. The first-order valence-electron chi connectivity index (χ1n) is 5.95. The van der Waals surface area contributed by atoms with Crippen LogP contribution >= 0.6 is 22.6 Å². The predicted octanol–water partition coefficient (Wildman–Crippen LogP) is 2.48. The number of nitrogens with two attached hydrogens (primary N) is 1. The molecule has 1 aromatic rings. The van der Waals surface area contributed by atoms with Crippen molar-refractivity contribution in [2.75, 3.05) is 13.7 Å². The third kappa shape index (κ3) is 4.13. The van der Waals surface area contributed by atoms with E-state index in [0.717, 1.165) is 9.99 Å². The summed E-state index contributed by atoms with van der Waals surface area (Å²) < 4.78 is 11.7. The summed E-state index contributed by atoms with van der Waals surface area (Å²) in [5, 5.41) is 8.85. The largest absolute Gasteiger partial charge is 0.493 e. The van der Waals surface area contributed by atoms with E-state index >= 15 is 0 Å². The smallest absolute Gasteiger partial charge is 0.259 e. The van der Waals surface area contributed by atoms with E-state index in [1.165, 1.54) is 13.2 Å². The maximum absolute atomic E-state index is 11.1. The van der Waals surface area contributed by atoms with Crippen LogP contribution in [0.3, 0.4) is 0 Å². The Balaban J connectivity index is 3.23. The van der Waals surface area contributed by atoms with Gasteiger partial charge < -0.3 is 15.2 Å². The third-order valence-electron chi connectivity index (χ3n) is 2.40. The minimum Gasteiger partial charge on any atom is -0.493 e. The zero-order chi connectivity index (χ0) is 15.1. The number of nitrogens with zero attached hydrogens (tertiary/aromatic N) is 1.